The number of allylic oxidation sites excluding steroid dienone is 2. The van der Waals surface area contributed by atoms with Gasteiger partial charge < -0.3 is 39.4 Å². The van der Waals surface area contributed by atoms with Crippen LogP contribution >= 0.6 is 0 Å². The highest BCUT2D eigenvalue weighted by molar-refractivity contribution is 5.96. The summed E-state index contributed by atoms with van der Waals surface area (Å²) in [5.74, 6) is -8.67. The first-order chi connectivity index (χ1) is 19.5. The van der Waals surface area contributed by atoms with Crippen LogP contribution in [-0.2, 0) is 38.1 Å². The standard InChI is InChI=1S/C30H38O12/c1-7-13(3)23(34)39-11-28(37,8-2)26(36)42-20-19-15(5)21(32)30(38)25-27(6)16(14(4)9-17(31)22(27)33)10-18(41-24(20)35)29(19,25)12-40-30/h7,9,16,18-22,25,32-33,37-38H,5,8,10-12H2,1-4,6H3/b13-7-/t16-,18+,19+,20+,21+,22+,25+,27+,28?,29-,30+/m0/s1. The lowest BCUT2D eigenvalue weighted by molar-refractivity contribution is -0.312. The molecule has 1 unspecified atom stereocenters. The molecule has 0 amide bonds. The van der Waals surface area contributed by atoms with Crippen LogP contribution < -0.4 is 0 Å². The Morgan fingerprint density at radius 3 is 2.55 bits per heavy atom. The molecule has 0 aromatic rings. The maximum absolute atomic E-state index is 13.5. The van der Waals surface area contributed by atoms with Crippen molar-refractivity contribution in [3.63, 3.8) is 0 Å². The van der Waals surface area contributed by atoms with Crippen molar-refractivity contribution >= 4 is 23.7 Å². The van der Waals surface area contributed by atoms with Gasteiger partial charge in [-0.1, -0.05) is 32.1 Å². The van der Waals surface area contributed by atoms with Crippen molar-refractivity contribution in [2.45, 2.75) is 83.3 Å². The van der Waals surface area contributed by atoms with E-state index in [9.17, 15) is 39.6 Å². The van der Waals surface area contributed by atoms with Gasteiger partial charge >= 0.3 is 17.9 Å². The molecule has 2 aliphatic heterocycles. The van der Waals surface area contributed by atoms with Crippen LogP contribution in [0.3, 0.4) is 0 Å². The molecular formula is C30H38O12. The van der Waals surface area contributed by atoms with Crippen LogP contribution in [0.5, 0.6) is 0 Å². The Balaban J connectivity index is 1.55. The zero-order valence-corrected chi connectivity index (χ0v) is 24.3. The van der Waals surface area contributed by atoms with E-state index in [1.165, 1.54) is 26.0 Å². The fourth-order valence-corrected chi connectivity index (χ4v) is 8.25. The number of hydrogen-bond donors (Lipinski definition) is 4. The van der Waals surface area contributed by atoms with E-state index in [0.29, 0.717) is 5.57 Å². The molecule has 4 N–H and O–H groups in total. The van der Waals surface area contributed by atoms with E-state index in [2.05, 4.69) is 6.58 Å². The number of esters is 3. The number of carbonyl (C=O) groups is 4. The number of ether oxygens (including phenoxy) is 4. The first-order valence-electron chi connectivity index (χ1n) is 14.1. The first kappa shape index (κ1) is 30.6. The zero-order valence-electron chi connectivity index (χ0n) is 24.3. The van der Waals surface area contributed by atoms with Gasteiger partial charge in [0.15, 0.2) is 17.2 Å². The van der Waals surface area contributed by atoms with Crippen molar-refractivity contribution in [1.29, 1.82) is 0 Å². The minimum absolute atomic E-state index is 0.0492. The van der Waals surface area contributed by atoms with Gasteiger partial charge in [-0.3, -0.25) is 4.79 Å². The number of fused-ring (bicyclic) bond motifs is 1. The van der Waals surface area contributed by atoms with Crippen LogP contribution in [0.25, 0.3) is 0 Å². The number of carbonyl (C=O) groups excluding carboxylic acids is 4. The number of aliphatic hydroxyl groups excluding tert-OH is 2. The monoisotopic (exact) mass is 590 g/mol. The van der Waals surface area contributed by atoms with E-state index in [-0.39, 0.29) is 30.6 Å². The Kier molecular flexibility index (Phi) is 7.14. The minimum Gasteiger partial charge on any atom is -0.459 e. The third-order valence-corrected chi connectivity index (χ3v) is 10.6. The number of aliphatic hydroxyl groups is 4. The molecule has 230 valence electrons. The second-order valence-electron chi connectivity index (χ2n) is 12.6. The lowest BCUT2D eigenvalue weighted by atomic mass is 9.38. The van der Waals surface area contributed by atoms with Crippen LogP contribution in [0.15, 0.2) is 35.5 Å². The Morgan fingerprint density at radius 2 is 1.93 bits per heavy atom. The maximum Gasteiger partial charge on any atom is 0.348 e. The van der Waals surface area contributed by atoms with Crippen molar-refractivity contribution < 1.29 is 58.6 Å². The lowest BCUT2D eigenvalue weighted by Gasteiger charge is -2.67. The van der Waals surface area contributed by atoms with E-state index in [4.69, 9.17) is 18.9 Å². The summed E-state index contributed by atoms with van der Waals surface area (Å²) in [4.78, 5) is 52.0. The third-order valence-electron chi connectivity index (χ3n) is 10.6. The lowest BCUT2D eigenvalue weighted by Crippen LogP contribution is -2.76. The molecule has 4 fully saturated rings. The summed E-state index contributed by atoms with van der Waals surface area (Å²) in [6.07, 6.45) is -3.22. The Morgan fingerprint density at radius 1 is 1.26 bits per heavy atom. The molecular weight excluding hydrogens is 552 g/mol. The molecule has 1 spiro atoms. The SMILES string of the molecule is C=C1[C@@H](O)[C@@]2(O)OC[C@@]34[C@H]1[C@@H](OC(=O)C(O)(CC)COC(=O)/C(C)=C\C)C(=O)O[C@@H]3C[C@H]1C(C)=CC(=O)[C@@H](O)[C@]1(C)[C@@H]24. The molecule has 0 aromatic heterocycles. The summed E-state index contributed by atoms with van der Waals surface area (Å²) < 4.78 is 22.5. The summed E-state index contributed by atoms with van der Waals surface area (Å²) in [5.41, 5.74) is -4.20. The first-order valence-corrected chi connectivity index (χ1v) is 14.1. The van der Waals surface area contributed by atoms with Gasteiger partial charge in [-0.2, -0.15) is 0 Å². The molecule has 2 saturated heterocycles. The van der Waals surface area contributed by atoms with Gasteiger partial charge in [-0.25, -0.2) is 14.4 Å². The average Bonchev–Trinajstić information content (AvgIpc) is 3.25. The second kappa shape index (κ2) is 9.81. The molecule has 2 saturated carbocycles. The molecule has 0 radical (unpaired) electrons. The largest absolute Gasteiger partial charge is 0.459 e. The van der Waals surface area contributed by atoms with Gasteiger partial charge in [0.05, 0.1) is 12.0 Å². The van der Waals surface area contributed by atoms with Crippen LogP contribution in [0.4, 0.5) is 0 Å². The quantitative estimate of drug-likeness (QED) is 0.143. The summed E-state index contributed by atoms with van der Waals surface area (Å²) in [6, 6.07) is 0. The van der Waals surface area contributed by atoms with Crippen LogP contribution in [0, 0.1) is 28.6 Å². The normalized spacial score (nSPS) is 43.8. The van der Waals surface area contributed by atoms with Crippen LogP contribution in [-0.4, -0.2) is 93.1 Å². The zero-order chi connectivity index (χ0) is 31.2. The molecule has 11 atom stereocenters. The fraction of sp³-hybridized carbons (Fsp3) is 0.667. The van der Waals surface area contributed by atoms with E-state index in [1.807, 2.05) is 0 Å². The average molecular weight is 591 g/mol. The number of rotatable bonds is 6. The Labute approximate surface area is 243 Å². The summed E-state index contributed by atoms with van der Waals surface area (Å²) >= 11 is 0. The topological polar surface area (TPSA) is 186 Å². The highest BCUT2D eigenvalue weighted by Crippen LogP contribution is 2.73. The summed E-state index contributed by atoms with van der Waals surface area (Å²) in [6.45, 7) is 10.9. The molecule has 12 nitrogen and oxygen atoms in total. The predicted molar refractivity (Wildman–Crippen MR) is 142 cm³/mol. The van der Waals surface area contributed by atoms with Gasteiger partial charge in [0.25, 0.3) is 0 Å². The molecule has 3 aliphatic carbocycles. The molecule has 5 rings (SSSR count). The van der Waals surface area contributed by atoms with Gasteiger partial charge in [0.1, 0.15) is 24.9 Å². The van der Waals surface area contributed by atoms with Crippen molar-refractivity contribution in [3.8, 4) is 0 Å². The Bertz CT molecular complexity index is 1320. The molecule has 0 aromatic carbocycles. The minimum atomic E-state index is -2.32. The predicted octanol–water partition coefficient (Wildman–Crippen LogP) is 0.259. The molecule has 12 heteroatoms. The summed E-state index contributed by atoms with van der Waals surface area (Å²) in [7, 11) is 0. The molecule has 2 bridgehead atoms. The van der Waals surface area contributed by atoms with Crippen molar-refractivity contribution in [3.05, 3.63) is 35.5 Å². The van der Waals surface area contributed by atoms with Crippen molar-refractivity contribution in [1.82, 2.24) is 0 Å². The second-order valence-corrected chi connectivity index (χ2v) is 12.6. The fourth-order valence-electron chi connectivity index (χ4n) is 8.25. The highest BCUT2D eigenvalue weighted by atomic mass is 16.7. The van der Waals surface area contributed by atoms with E-state index < -0.39 is 94.7 Å². The van der Waals surface area contributed by atoms with Crippen molar-refractivity contribution in [2.75, 3.05) is 13.2 Å². The molecule has 2 heterocycles. The highest BCUT2D eigenvalue weighted by Gasteiger charge is 2.83. The van der Waals surface area contributed by atoms with Crippen molar-refractivity contribution in [2.24, 2.45) is 28.6 Å². The number of ketones is 1. The van der Waals surface area contributed by atoms with E-state index in [0.717, 1.165) is 0 Å². The van der Waals surface area contributed by atoms with E-state index >= 15 is 0 Å². The van der Waals surface area contributed by atoms with E-state index in [1.54, 1.807) is 20.8 Å². The van der Waals surface area contributed by atoms with Gasteiger partial charge in [-0.05, 0) is 51.2 Å². The Hall–Kier alpha value is -2.90. The third kappa shape index (κ3) is 3.78. The van der Waals surface area contributed by atoms with Gasteiger partial charge in [-0.15, -0.1) is 0 Å². The number of hydrogen-bond acceptors (Lipinski definition) is 12. The molecule has 5 aliphatic rings. The maximum atomic E-state index is 13.5. The van der Waals surface area contributed by atoms with Gasteiger partial charge in [0.2, 0.25) is 6.10 Å². The van der Waals surface area contributed by atoms with Crippen LogP contribution in [0.1, 0.15) is 47.5 Å². The van der Waals surface area contributed by atoms with Crippen LogP contribution in [0.2, 0.25) is 0 Å². The van der Waals surface area contributed by atoms with Gasteiger partial charge in [0, 0.05) is 22.8 Å². The summed E-state index contributed by atoms with van der Waals surface area (Å²) in [5, 5.41) is 45.7. The smallest absolute Gasteiger partial charge is 0.348 e. The molecule has 42 heavy (non-hydrogen) atoms.